The zero-order chi connectivity index (χ0) is 20.0. The summed E-state index contributed by atoms with van der Waals surface area (Å²) in [4.78, 5) is 18.7. The minimum atomic E-state index is -0.998. The maximum atomic E-state index is 11.8. The summed E-state index contributed by atoms with van der Waals surface area (Å²) in [7, 11) is 0. The second-order valence-electron chi connectivity index (χ2n) is 7.24. The molecule has 0 saturated carbocycles. The maximum Gasteiger partial charge on any atom is 0.253 e. The summed E-state index contributed by atoms with van der Waals surface area (Å²) < 4.78 is 25.9. The van der Waals surface area contributed by atoms with E-state index in [2.05, 4.69) is 10.2 Å². The van der Waals surface area contributed by atoms with Crippen LogP contribution in [0.3, 0.4) is 0 Å². The van der Waals surface area contributed by atoms with Crippen LogP contribution in [0.2, 0.25) is 0 Å². The van der Waals surface area contributed by atoms with E-state index >= 15 is 0 Å². The van der Waals surface area contributed by atoms with E-state index in [1.54, 1.807) is 6.07 Å². The predicted octanol–water partition coefficient (Wildman–Crippen LogP) is 2.45. The van der Waals surface area contributed by atoms with Gasteiger partial charge in [-0.25, -0.2) is 4.98 Å². The zero-order valence-corrected chi connectivity index (χ0v) is 15.8. The molecule has 0 radical (unpaired) electrons. The van der Waals surface area contributed by atoms with Gasteiger partial charge in [0.2, 0.25) is 0 Å². The van der Waals surface area contributed by atoms with Gasteiger partial charge in [0, 0.05) is 32.0 Å². The average Bonchev–Trinajstić information content (AvgIpc) is 3.08. The first-order valence-electron chi connectivity index (χ1n) is 10.1. The molecule has 28 heavy (non-hydrogen) atoms. The van der Waals surface area contributed by atoms with Gasteiger partial charge in [-0.1, -0.05) is 0 Å². The molecular weight excluding hydrogens is 358 g/mol. The lowest BCUT2D eigenvalue weighted by molar-refractivity contribution is 0.0965. The molecule has 1 saturated heterocycles. The molecule has 5 rings (SSSR count). The Morgan fingerprint density at radius 1 is 1.21 bits per heavy atom. The van der Waals surface area contributed by atoms with Crippen LogP contribution < -0.4 is 24.4 Å². The first-order valence-corrected chi connectivity index (χ1v) is 9.63. The summed E-state index contributed by atoms with van der Waals surface area (Å²) in [5.41, 5.74) is 2.44. The lowest BCUT2D eigenvalue weighted by Crippen LogP contribution is -2.39. The molecule has 1 N–H and O–H groups in total. The van der Waals surface area contributed by atoms with Gasteiger partial charge in [-0.15, -0.1) is 0 Å². The van der Waals surface area contributed by atoms with Crippen molar-refractivity contribution in [2.24, 2.45) is 0 Å². The lowest BCUT2D eigenvalue weighted by Gasteiger charge is -2.34. The highest BCUT2D eigenvalue weighted by Gasteiger charge is 2.27. The quantitative estimate of drug-likeness (QED) is 0.879. The Balaban J connectivity index is 1.28. The summed E-state index contributed by atoms with van der Waals surface area (Å²) in [6, 6.07) is 7.36. The van der Waals surface area contributed by atoms with E-state index in [1.165, 1.54) is 0 Å². The van der Waals surface area contributed by atoms with Crippen LogP contribution in [0.1, 0.15) is 35.8 Å². The number of carbonyl (C=O) groups excluding carboxylic acids is 1. The molecule has 1 fully saturated rings. The van der Waals surface area contributed by atoms with E-state index in [0.29, 0.717) is 68.5 Å². The fourth-order valence-corrected chi connectivity index (χ4v) is 3.88. The fraction of sp³-hybridized carbons (Fsp3) is 0.429. The Labute approximate surface area is 165 Å². The Morgan fingerprint density at radius 3 is 2.82 bits per heavy atom. The Morgan fingerprint density at radius 2 is 2.00 bits per heavy atom. The molecule has 0 bridgehead atoms. The number of aryl methyl sites for hydroxylation is 1. The predicted molar refractivity (Wildman–Crippen MR) is 103 cm³/mol. The number of hydrogen-bond donors (Lipinski definition) is 1. The number of piperidine rings is 1. The fourth-order valence-electron chi connectivity index (χ4n) is 3.88. The lowest BCUT2D eigenvalue weighted by atomic mass is 10.1. The van der Waals surface area contributed by atoms with Crippen molar-refractivity contribution in [3.8, 4) is 17.2 Å². The van der Waals surface area contributed by atoms with E-state index in [-0.39, 0.29) is 5.91 Å². The van der Waals surface area contributed by atoms with Crippen LogP contribution in [0.5, 0.6) is 17.2 Å². The Bertz CT molecular complexity index is 973. The molecule has 7 nitrogen and oxygen atoms in total. The SMILES string of the molecule is [2H]C1(Oc2ccc3c(c2)OCCO3)CCN(c2nc3c(cc2C)C(=O)NC3)CC1. The molecule has 0 spiro atoms. The molecule has 0 aliphatic carbocycles. The topological polar surface area (TPSA) is 72.9 Å². The maximum absolute atomic E-state index is 11.8. The third-order valence-corrected chi connectivity index (χ3v) is 5.32. The molecule has 3 aliphatic rings. The molecule has 4 heterocycles. The highest BCUT2D eigenvalue weighted by Crippen LogP contribution is 2.35. The largest absolute Gasteiger partial charge is 0.490 e. The Kier molecular flexibility index (Phi) is 3.95. The number of hydrogen-bond acceptors (Lipinski definition) is 6. The zero-order valence-electron chi connectivity index (χ0n) is 16.8. The molecule has 3 aliphatic heterocycles. The van der Waals surface area contributed by atoms with Gasteiger partial charge in [0.25, 0.3) is 5.91 Å². The van der Waals surface area contributed by atoms with Crippen molar-refractivity contribution < 1.29 is 20.4 Å². The number of nitrogens with one attached hydrogen (secondary N) is 1. The first-order chi connectivity index (χ1) is 14.0. The van der Waals surface area contributed by atoms with Crippen molar-refractivity contribution >= 4 is 11.7 Å². The summed E-state index contributed by atoms with van der Waals surface area (Å²) in [6.45, 7) is 4.86. The van der Waals surface area contributed by atoms with Crippen molar-refractivity contribution in [1.82, 2.24) is 10.3 Å². The highest BCUT2D eigenvalue weighted by molar-refractivity contribution is 5.98. The number of carbonyl (C=O) groups is 1. The van der Waals surface area contributed by atoms with Gasteiger partial charge in [0.1, 0.15) is 30.9 Å². The van der Waals surface area contributed by atoms with Gasteiger partial charge >= 0.3 is 0 Å². The summed E-state index contributed by atoms with van der Waals surface area (Å²) in [5, 5.41) is 2.82. The van der Waals surface area contributed by atoms with Crippen LogP contribution >= 0.6 is 0 Å². The van der Waals surface area contributed by atoms with E-state index in [4.69, 9.17) is 20.6 Å². The van der Waals surface area contributed by atoms with Crippen molar-refractivity contribution in [3.05, 3.63) is 41.1 Å². The molecule has 1 amide bonds. The van der Waals surface area contributed by atoms with Crippen molar-refractivity contribution in [2.75, 3.05) is 31.2 Å². The van der Waals surface area contributed by atoms with Crippen LogP contribution in [-0.4, -0.2) is 43.3 Å². The van der Waals surface area contributed by atoms with Crippen LogP contribution in [0.15, 0.2) is 24.3 Å². The number of amides is 1. The molecular formula is C21H23N3O4. The standard InChI is InChI=1S/C21H23N3O4/c1-13-10-16-17(12-22-21(16)25)23-20(13)24-6-4-14(5-7-24)28-15-2-3-18-19(11-15)27-9-8-26-18/h2-3,10-11,14H,4-9,12H2,1H3,(H,22,25)/i14D. The van der Waals surface area contributed by atoms with Crippen molar-refractivity contribution in [2.45, 2.75) is 32.4 Å². The van der Waals surface area contributed by atoms with Gasteiger partial charge in [-0.2, -0.15) is 0 Å². The number of pyridine rings is 1. The number of rotatable bonds is 3. The van der Waals surface area contributed by atoms with Gasteiger partial charge in [0.05, 0.1) is 19.2 Å². The minimum Gasteiger partial charge on any atom is -0.490 e. The second-order valence-corrected chi connectivity index (χ2v) is 7.24. The van der Waals surface area contributed by atoms with Crippen LogP contribution in [-0.2, 0) is 6.54 Å². The molecule has 2 aromatic rings. The van der Waals surface area contributed by atoms with Gasteiger partial charge in [-0.05, 0) is 30.7 Å². The molecule has 0 atom stereocenters. The van der Waals surface area contributed by atoms with Crippen LogP contribution in [0.4, 0.5) is 5.82 Å². The molecule has 1 aromatic carbocycles. The number of ether oxygens (including phenoxy) is 3. The van der Waals surface area contributed by atoms with Crippen LogP contribution in [0, 0.1) is 6.92 Å². The molecule has 7 heteroatoms. The molecule has 0 unspecified atom stereocenters. The average molecular weight is 382 g/mol. The second kappa shape index (κ2) is 6.89. The Hall–Kier alpha value is -2.96. The highest BCUT2D eigenvalue weighted by atomic mass is 16.6. The normalized spacial score (nSPS) is 20.2. The minimum absolute atomic E-state index is 0.0567. The first kappa shape index (κ1) is 16.0. The number of fused-ring (bicyclic) bond motifs is 2. The third-order valence-electron chi connectivity index (χ3n) is 5.32. The summed E-state index contributed by atoms with van der Waals surface area (Å²) >= 11 is 0. The van der Waals surface area contributed by atoms with Crippen LogP contribution in [0.25, 0.3) is 0 Å². The smallest absolute Gasteiger partial charge is 0.253 e. The van der Waals surface area contributed by atoms with E-state index in [1.807, 2.05) is 25.1 Å². The number of anilines is 1. The van der Waals surface area contributed by atoms with E-state index in [9.17, 15) is 4.79 Å². The summed E-state index contributed by atoms with van der Waals surface area (Å²) in [6.07, 6.45) is 0.107. The van der Waals surface area contributed by atoms with Gasteiger partial charge < -0.3 is 24.4 Å². The van der Waals surface area contributed by atoms with E-state index < -0.39 is 6.08 Å². The van der Waals surface area contributed by atoms with Crippen molar-refractivity contribution in [3.63, 3.8) is 0 Å². The number of aromatic nitrogens is 1. The number of nitrogens with zero attached hydrogens (tertiary/aromatic N) is 2. The van der Waals surface area contributed by atoms with Crippen molar-refractivity contribution in [1.29, 1.82) is 0 Å². The van der Waals surface area contributed by atoms with Gasteiger partial charge in [-0.3, -0.25) is 4.79 Å². The van der Waals surface area contributed by atoms with Gasteiger partial charge in [0.15, 0.2) is 11.5 Å². The summed E-state index contributed by atoms with van der Waals surface area (Å²) in [5.74, 6) is 2.83. The van der Waals surface area contributed by atoms with E-state index in [0.717, 1.165) is 17.1 Å². The third kappa shape index (κ3) is 3.10. The number of benzene rings is 1. The molecule has 1 aromatic heterocycles. The molecule has 146 valence electrons. The monoisotopic (exact) mass is 382 g/mol.